The Morgan fingerprint density at radius 3 is 2.82 bits per heavy atom. The highest BCUT2D eigenvalue weighted by molar-refractivity contribution is 9.10. The Kier molecular flexibility index (Phi) is 6.45. The summed E-state index contributed by atoms with van der Waals surface area (Å²) in [5.41, 5.74) is 6.13. The maximum Gasteiger partial charge on any atom is 0.271 e. The predicted molar refractivity (Wildman–Crippen MR) is 153 cm³/mol. The van der Waals surface area contributed by atoms with Gasteiger partial charge in [-0.3, -0.25) is 9.36 Å². The molecule has 0 saturated heterocycles. The molecule has 2 heterocycles. The summed E-state index contributed by atoms with van der Waals surface area (Å²) in [4.78, 5) is 19.7. The average molecular weight is 590 g/mol. The van der Waals surface area contributed by atoms with Crippen LogP contribution in [0.2, 0.25) is 0 Å². The van der Waals surface area contributed by atoms with E-state index in [2.05, 4.69) is 34.1 Å². The Bertz CT molecular complexity index is 1790. The Hall–Kier alpha value is -3.62. The molecule has 0 fully saturated rings. The van der Waals surface area contributed by atoms with Crippen LogP contribution in [0, 0.1) is 0 Å². The van der Waals surface area contributed by atoms with Gasteiger partial charge in [0.05, 0.1) is 34.5 Å². The van der Waals surface area contributed by atoms with Crippen molar-refractivity contribution in [2.24, 2.45) is 4.99 Å². The highest BCUT2D eigenvalue weighted by Gasteiger charge is 2.32. The van der Waals surface area contributed by atoms with Crippen LogP contribution in [0.5, 0.6) is 17.2 Å². The number of allylic oxidation sites excluding steroid dienone is 1. The smallest absolute Gasteiger partial charge is 0.271 e. The molecule has 8 heteroatoms. The van der Waals surface area contributed by atoms with E-state index in [1.165, 1.54) is 16.9 Å². The number of hydrogen-bond acceptors (Lipinski definition) is 6. The van der Waals surface area contributed by atoms with Crippen molar-refractivity contribution in [1.29, 1.82) is 0 Å². The molecule has 0 bridgehead atoms. The van der Waals surface area contributed by atoms with Crippen LogP contribution in [0.15, 0.2) is 80.5 Å². The number of fused-ring (bicyclic) bond motifs is 3. The first kappa shape index (κ1) is 24.7. The molecule has 1 aliphatic heterocycles. The molecule has 3 aromatic carbocycles. The van der Waals surface area contributed by atoms with E-state index in [0.717, 1.165) is 46.6 Å². The predicted octanol–water partition coefficient (Wildman–Crippen LogP) is 5.19. The monoisotopic (exact) mass is 588 g/mol. The summed E-state index contributed by atoms with van der Waals surface area (Å²) in [5.74, 6) is 1.15. The lowest BCUT2D eigenvalue weighted by Gasteiger charge is -2.31. The maximum atomic E-state index is 14.0. The summed E-state index contributed by atoms with van der Waals surface area (Å²) >= 11 is 4.77. The number of aryl methyl sites for hydroxylation is 1. The zero-order valence-electron chi connectivity index (χ0n) is 20.9. The minimum absolute atomic E-state index is 0.0369. The molecule has 0 saturated carbocycles. The topological polar surface area (TPSA) is 73.0 Å². The van der Waals surface area contributed by atoms with E-state index < -0.39 is 0 Å². The number of hydrogen-bond donors (Lipinski definition) is 1. The first-order chi connectivity index (χ1) is 18.5. The molecule has 6 rings (SSSR count). The second-order valence-corrected chi connectivity index (χ2v) is 11.0. The van der Waals surface area contributed by atoms with Gasteiger partial charge in [0.1, 0.15) is 5.75 Å². The van der Waals surface area contributed by atoms with E-state index in [0.29, 0.717) is 26.2 Å². The van der Waals surface area contributed by atoms with Crippen LogP contribution in [-0.2, 0) is 6.42 Å². The number of thiazole rings is 1. The summed E-state index contributed by atoms with van der Waals surface area (Å²) in [6, 6.07) is 19.5. The Morgan fingerprint density at radius 1 is 1.16 bits per heavy atom. The molecule has 1 aromatic heterocycles. The van der Waals surface area contributed by atoms with E-state index in [9.17, 15) is 9.90 Å². The van der Waals surface area contributed by atoms with Crippen molar-refractivity contribution in [2.75, 3.05) is 13.7 Å². The fourth-order valence-electron chi connectivity index (χ4n) is 5.23. The molecule has 192 valence electrons. The molecule has 1 N–H and O–H groups in total. The van der Waals surface area contributed by atoms with Crippen molar-refractivity contribution in [3.63, 3.8) is 0 Å². The third-order valence-corrected chi connectivity index (χ3v) is 8.52. The van der Waals surface area contributed by atoms with Gasteiger partial charge in [0, 0.05) is 5.56 Å². The number of phenols is 1. The first-order valence-electron chi connectivity index (χ1n) is 12.4. The van der Waals surface area contributed by atoms with Crippen molar-refractivity contribution in [3.8, 4) is 17.2 Å². The van der Waals surface area contributed by atoms with Gasteiger partial charge in [0.2, 0.25) is 0 Å². The van der Waals surface area contributed by atoms with Gasteiger partial charge < -0.3 is 14.6 Å². The van der Waals surface area contributed by atoms with Crippen LogP contribution in [0.25, 0.3) is 11.8 Å². The van der Waals surface area contributed by atoms with Crippen LogP contribution in [0.4, 0.5) is 0 Å². The summed E-state index contributed by atoms with van der Waals surface area (Å²) in [6.45, 7) is 2.27. The Labute approximate surface area is 232 Å². The highest BCUT2D eigenvalue weighted by atomic mass is 79.9. The van der Waals surface area contributed by atoms with Crippen LogP contribution in [-0.4, -0.2) is 23.4 Å². The van der Waals surface area contributed by atoms with Crippen LogP contribution < -0.4 is 24.4 Å². The lowest BCUT2D eigenvalue weighted by atomic mass is 9.83. The van der Waals surface area contributed by atoms with Crippen LogP contribution in [0.1, 0.15) is 41.6 Å². The quantitative estimate of drug-likeness (QED) is 0.348. The van der Waals surface area contributed by atoms with Gasteiger partial charge in [-0.05, 0) is 88.3 Å². The molecule has 1 unspecified atom stereocenters. The molecule has 6 nitrogen and oxygen atoms in total. The van der Waals surface area contributed by atoms with E-state index in [-0.39, 0.29) is 17.4 Å². The van der Waals surface area contributed by atoms with Crippen molar-refractivity contribution in [2.45, 2.75) is 25.8 Å². The molecule has 1 aliphatic carbocycles. The summed E-state index contributed by atoms with van der Waals surface area (Å²) in [7, 11) is 1.65. The van der Waals surface area contributed by atoms with E-state index in [1.54, 1.807) is 19.2 Å². The van der Waals surface area contributed by atoms with Gasteiger partial charge >= 0.3 is 0 Å². The van der Waals surface area contributed by atoms with Crippen molar-refractivity contribution in [1.82, 2.24) is 4.57 Å². The van der Waals surface area contributed by atoms with E-state index in [1.807, 2.05) is 47.9 Å². The average Bonchev–Trinajstić information content (AvgIpc) is 3.24. The number of phenolic OH excluding ortho intramolecular Hbond substituents is 1. The van der Waals surface area contributed by atoms with Crippen LogP contribution in [0.3, 0.4) is 0 Å². The van der Waals surface area contributed by atoms with Crippen LogP contribution >= 0.6 is 27.3 Å². The number of halogens is 1. The van der Waals surface area contributed by atoms with Gasteiger partial charge in [-0.1, -0.05) is 47.7 Å². The second kappa shape index (κ2) is 9.93. The van der Waals surface area contributed by atoms with Gasteiger partial charge in [0.15, 0.2) is 16.3 Å². The second-order valence-electron chi connectivity index (χ2n) is 9.17. The summed E-state index contributed by atoms with van der Waals surface area (Å²) in [5, 5.41) is 10.3. The van der Waals surface area contributed by atoms with Gasteiger partial charge in [-0.2, -0.15) is 0 Å². The molecule has 2 aliphatic rings. The standard InChI is InChI=1S/C30H25BrN2O4S/c1-3-37-24-14-17(13-23(31)28(24)34)15-25-29(35)33-27(19-8-6-9-20(16-19)36-2)22-12-11-18-7-4-5-10-21(18)26(22)32-30(33)38-25/h4-10,13-16,27,34H,3,11-12H2,1-2H3. The lowest BCUT2D eigenvalue weighted by molar-refractivity contribution is 0.317. The number of nitrogens with zero attached hydrogens (tertiary/aromatic N) is 2. The Morgan fingerprint density at radius 2 is 2.00 bits per heavy atom. The number of benzene rings is 3. The third kappa shape index (κ3) is 4.18. The molecular formula is C30H25BrN2O4S. The maximum absolute atomic E-state index is 14.0. The molecule has 4 aromatic rings. The zero-order valence-corrected chi connectivity index (χ0v) is 23.3. The first-order valence-corrected chi connectivity index (χ1v) is 14.0. The number of rotatable bonds is 5. The van der Waals surface area contributed by atoms with Crippen molar-refractivity contribution < 1.29 is 14.6 Å². The molecule has 0 amide bonds. The van der Waals surface area contributed by atoms with Crippen molar-refractivity contribution >= 4 is 39.0 Å². The largest absolute Gasteiger partial charge is 0.503 e. The number of ether oxygens (including phenoxy) is 2. The fraction of sp³-hybridized carbons (Fsp3) is 0.200. The normalized spacial score (nSPS) is 16.4. The van der Waals surface area contributed by atoms with E-state index in [4.69, 9.17) is 14.5 Å². The number of aromatic nitrogens is 1. The summed E-state index contributed by atoms with van der Waals surface area (Å²) in [6.07, 6.45) is 3.55. The molecule has 0 radical (unpaired) electrons. The zero-order chi connectivity index (χ0) is 26.4. The lowest BCUT2D eigenvalue weighted by Crippen LogP contribution is -2.38. The third-order valence-electron chi connectivity index (χ3n) is 6.93. The molecular weight excluding hydrogens is 564 g/mol. The fourth-order valence-corrected chi connectivity index (χ4v) is 6.69. The molecule has 0 spiro atoms. The summed E-state index contributed by atoms with van der Waals surface area (Å²) < 4.78 is 14.0. The molecule has 1 atom stereocenters. The minimum atomic E-state index is -0.280. The number of methoxy groups -OCH3 is 1. The minimum Gasteiger partial charge on any atom is -0.503 e. The van der Waals surface area contributed by atoms with Gasteiger partial charge in [-0.25, -0.2) is 4.99 Å². The Balaban J connectivity index is 1.59. The van der Waals surface area contributed by atoms with Gasteiger partial charge in [0.25, 0.3) is 5.56 Å². The van der Waals surface area contributed by atoms with E-state index >= 15 is 0 Å². The molecule has 38 heavy (non-hydrogen) atoms. The SMILES string of the molecule is CCOc1cc(C=c2sc3n(c2=O)C(c2cccc(OC)c2)C2=C(N=3)c3ccccc3CC2)cc(Br)c1O. The van der Waals surface area contributed by atoms with Gasteiger partial charge in [-0.15, -0.1) is 0 Å². The number of aromatic hydroxyl groups is 1. The highest BCUT2D eigenvalue weighted by Crippen LogP contribution is 2.41. The van der Waals surface area contributed by atoms with Crippen molar-refractivity contribution in [3.05, 3.63) is 113 Å².